The predicted octanol–water partition coefficient (Wildman–Crippen LogP) is 3.91. The first-order chi connectivity index (χ1) is 15.0. The SMILES string of the molecule is CCNC(=NCc1ccc(OC)c(OC)c1)NCc1ccc(OCCCN(C)C)cc1.I. The van der Waals surface area contributed by atoms with E-state index in [0.717, 1.165) is 49.0 Å². The number of halogens is 1. The van der Waals surface area contributed by atoms with E-state index >= 15 is 0 Å². The van der Waals surface area contributed by atoms with Gasteiger partial charge in [-0.05, 0) is 62.8 Å². The quantitative estimate of drug-likeness (QED) is 0.179. The first-order valence-corrected chi connectivity index (χ1v) is 10.6. The molecule has 0 aliphatic heterocycles. The number of nitrogens with zero attached hydrogens (tertiary/aromatic N) is 2. The molecule has 0 bridgehead atoms. The Kier molecular flexibility index (Phi) is 13.5. The van der Waals surface area contributed by atoms with Gasteiger partial charge in [0.05, 0.1) is 27.4 Å². The Hall–Kier alpha value is -2.20. The van der Waals surface area contributed by atoms with E-state index in [-0.39, 0.29) is 24.0 Å². The number of nitrogens with one attached hydrogen (secondary N) is 2. The number of ether oxygens (including phenoxy) is 3. The number of hydrogen-bond acceptors (Lipinski definition) is 5. The lowest BCUT2D eigenvalue weighted by molar-refractivity contribution is 0.281. The fourth-order valence-corrected chi connectivity index (χ4v) is 2.95. The molecule has 2 N–H and O–H groups in total. The van der Waals surface area contributed by atoms with Crippen LogP contribution in [0.15, 0.2) is 47.5 Å². The van der Waals surface area contributed by atoms with E-state index < -0.39 is 0 Å². The maximum Gasteiger partial charge on any atom is 0.191 e. The summed E-state index contributed by atoms with van der Waals surface area (Å²) in [7, 11) is 7.41. The molecule has 0 radical (unpaired) electrons. The van der Waals surface area contributed by atoms with Crippen molar-refractivity contribution < 1.29 is 14.2 Å². The second-order valence-electron chi connectivity index (χ2n) is 7.39. The second kappa shape index (κ2) is 15.6. The van der Waals surface area contributed by atoms with Crippen LogP contribution >= 0.6 is 24.0 Å². The number of guanidine groups is 1. The third-order valence-electron chi connectivity index (χ3n) is 4.61. The normalized spacial score (nSPS) is 11.0. The monoisotopic (exact) mass is 556 g/mol. The lowest BCUT2D eigenvalue weighted by Gasteiger charge is -2.13. The van der Waals surface area contributed by atoms with Gasteiger partial charge in [0.15, 0.2) is 17.5 Å². The molecule has 0 atom stereocenters. The Morgan fingerprint density at radius 3 is 2.25 bits per heavy atom. The van der Waals surface area contributed by atoms with Crippen LogP contribution in [0, 0.1) is 0 Å². The molecule has 0 aliphatic rings. The largest absolute Gasteiger partial charge is 0.494 e. The summed E-state index contributed by atoms with van der Waals surface area (Å²) in [6, 6.07) is 14.0. The van der Waals surface area contributed by atoms with E-state index in [2.05, 4.69) is 53.7 Å². The van der Waals surface area contributed by atoms with Crippen molar-refractivity contribution in [2.24, 2.45) is 4.99 Å². The summed E-state index contributed by atoms with van der Waals surface area (Å²) in [5.41, 5.74) is 2.21. The van der Waals surface area contributed by atoms with Crippen LogP contribution in [0.5, 0.6) is 17.2 Å². The molecule has 178 valence electrons. The lowest BCUT2D eigenvalue weighted by atomic mass is 10.2. The molecule has 2 aromatic rings. The van der Waals surface area contributed by atoms with Crippen molar-refractivity contribution >= 4 is 29.9 Å². The molecule has 0 heterocycles. The fourth-order valence-electron chi connectivity index (χ4n) is 2.95. The Morgan fingerprint density at radius 2 is 1.62 bits per heavy atom. The summed E-state index contributed by atoms with van der Waals surface area (Å²) < 4.78 is 16.5. The number of aliphatic imine (C=N–C) groups is 1. The molecule has 0 saturated heterocycles. The molecule has 0 unspecified atom stereocenters. The second-order valence-corrected chi connectivity index (χ2v) is 7.39. The lowest BCUT2D eigenvalue weighted by Crippen LogP contribution is -2.36. The van der Waals surface area contributed by atoms with Crippen molar-refractivity contribution in [1.29, 1.82) is 0 Å². The van der Waals surface area contributed by atoms with Gasteiger partial charge in [-0.2, -0.15) is 0 Å². The maximum absolute atomic E-state index is 5.80. The van der Waals surface area contributed by atoms with Crippen LogP contribution in [-0.4, -0.2) is 58.9 Å². The summed E-state index contributed by atoms with van der Waals surface area (Å²) in [6.07, 6.45) is 1.01. The minimum Gasteiger partial charge on any atom is -0.494 e. The van der Waals surface area contributed by atoms with Crippen molar-refractivity contribution in [3.8, 4) is 17.2 Å². The molecule has 7 nitrogen and oxygen atoms in total. The highest BCUT2D eigenvalue weighted by Gasteiger charge is 2.05. The molecule has 0 spiro atoms. The van der Waals surface area contributed by atoms with Gasteiger partial charge in [0.2, 0.25) is 0 Å². The van der Waals surface area contributed by atoms with Crippen molar-refractivity contribution in [3.63, 3.8) is 0 Å². The number of rotatable bonds is 12. The van der Waals surface area contributed by atoms with Gasteiger partial charge < -0.3 is 29.7 Å². The zero-order valence-corrected chi connectivity index (χ0v) is 22.1. The predicted molar refractivity (Wildman–Crippen MR) is 142 cm³/mol. The number of hydrogen-bond donors (Lipinski definition) is 2. The van der Waals surface area contributed by atoms with Gasteiger partial charge in [0.25, 0.3) is 0 Å². The minimum atomic E-state index is 0. The first kappa shape index (κ1) is 27.8. The molecule has 0 fully saturated rings. The third-order valence-corrected chi connectivity index (χ3v) is 4.61. The van der Waals surface area contributed by atoms with E-state index in [4.69, 9.17) is 14.2 Å². The molecule has 0 aromatic heterocycles. The highest BCUT2D eigenvalue weighted by molar-refractivity contribution is 14.0. The molecule has 0 amide bonds. The van der Waals surface area contributed by atoms with Crippen molar-refractivity contribution in [1.82, 2.24) is 15.5 Å². The van der Waals surface area contributed by atoms with Gasteiger partial charge in [-0.1, -0.05) is 18.2 Å². The van der Waals surface area contributed by atoms with Crippen molar-refractivity contribution in [2.75, 3.05) is 48.0 Å². The van der Waals surface area contributed by atoms with Gasteiger partial charge in [-0.3, -0.25) is 0 Å². The van der Waals surface area contributed by atoms with Crippen LogP contribution in [-0.2, 0) is 13.1 Å². The summed E-state index contributed by atoms with van der Waals surface area (Å²) in [6.45, 7) is 5.81. The minimum absolute atomic E-state index is 0. The summed E-state index contributed by atoms with van der Waals surface area (Å²) in [5.74, 6) is 3.08. The van der Waals surface area contributed by atoms with Crippen LogP contribution in [0.2, 0.25) is 0 Å². The zero-order valence-electron chi connectivity index (χ0n) is 19.8. The van der Waals surface area contributed by atoms with Crippen LogP contribution < -0.4 is 24.8 Å². The Balaban J connectivity index is 0.00000512. The topological polar surface area (TPSA) is 67.4 Å². The molecule has 0 saturated carbocycles. The Labute approximate surface area is 209 Å². The summed E-state index contributed by atoms with van der Waals surface area (Å²) in [4.78, 5) is 6.84. The van der Waals surface area contributed by atoms with E-state index in [9.17, 15) is 0 Å². The average Bonchev–Trinajstić information content (AvgIpc) is 2.79. The van der Waals surface area contributed by atoms with Gasteiger partial charge in [0, 0.05) is 19.6 Å². The molecule has 2 rings (SSSR count). The molecule has 0 aliphatic carbocycles. The number of benzene rings is 2. The third kappa shape index (κ3) is 9.95. The van der Waals surface area contributed by atoms with E-state index in [1.807, 2.05) is 30.3 Å². The van der Waals surface area contributed by atoms with E-state index in [1.165, 1.54) is 0 Å². The van der Waals surface area contributed by atoms with E-state index in [0.29, 0.717) is 24.6 Å². The van der Waals surface area contributed by atoms with Crippen LogP contribution in [0.1, 0.15) is 24.5 Å². The maximum atomic E-state index is 5.80. The van der Waals surface area contributed by atoms with E-state index in [1.54, 1.807) is 14.2 Å². The fraction of sp³-hybridized carbons (Fsp3) is 0.458. The zero-order chi connectivity index (χ0) is 22.5. The van der Waals surface area contributed by atoms with Gasteiger partial charge in [-0.15, -0.1) is 24.0 Å². The Morgan fingerprint density at radius 1 is 0.938 bits per heavy atom. The van der Waals surface area contributed by atoms with Gasteiger partial charge in [-0.25, -0.2) is 4.99 Å². The molecule has 32 heavy (non-hydrogen) atoms. The summed E-state index contributed by atoms with van der Waals surface area (Å²) >= 11 is 0. The van der Waals surface area contributed by atoms with Crippen molar-refractivity contribution in [3.05, 3.63) is 53.6 Å². The van der Waals surface area contributed by atoms with Gasteiger partial charge >= 0.3 is 0 Å². The highest BCUT2D eigenvalue weighted by Crippen LogP contribution is 2.27. The van der Waals surface area contributed by atoms with Crippen LogP contribution in [0.3, 0.4) is 0 Å². The first-order valence-electron chi connectivity index (χ1n) is 10.6. The highest BCUT2D eigenvalue weighted by atomic mass is 127. The molecular formula is C24H37IN4O3. The molecular weight excluding hydrogens is 519 g/mol. The number of methoxy groups -OCH3 is 2. The molecule has 8 heteroatoms. The summed E-state index contributed by atoms with van der Waals surface area (Å²) in [5, 5.41) is 6.66. The smallest absolute Gasteiger partial charge is 0.191 e. The average molecular weight is 556 g/mol. The Bertz CT molecular complexity index is 813. The van der Waals surface area contributed by atoms with Crippen LogP contribution in [0.25, 0.3) is 0 Å². The standard InChI is InChI=1S/C24H36N4O3.HI/c1-6-25-24(27-18-20-10-13-22(29-4)23(16-20)30-5)26-17-19-8-11-21(12-9-19)31-15-7-14-28(2)3;/h8-13,16H,6-7,14-15,17-18H2,1-5H3,(H2,25,26,27);1H. The van der Waals surface area contributed by atoms with Crippen LogP contribution in [0.4, 0.5) is 0 Å². The molecule has 2 aromatic carbocycles. The van der Waals surface area contributed by atoms with Crippen molar-refractivity contribution in [2.45, 2.75) is 26.4 Å². The van der Waals surface area contributed by atoms with Gasteiger partial charge in [0.1, 0.15) is 5.75 Å².